The zero-order valence-electron chi connectivity index (χ0n) is 18.5. The number of nitrogens with zero attached hydrogens (tertiary/aromatic N) is 4. The Kier molecular flexibility index (Phi) is 9.15. The molecule has 32 heavy (non-hydrogen) atoms. The second-order valence-corrected chi connectivity index (χ2v) is 7.43. The third-order valence-electron chi connectivity index (χ3n) is 4.43. The minimum Gasteiger partial charge on any atom is -0.512 e. The van der Waals surface area contributed by atoms with E-state index < -0.39 is 0 Å². The fourth-order valence-corrected chi connectivity index (χ4v) is 3.00. The van der Waals surface area contributed by atoms with E-state index in [4.69, 9.17) is 15.1 Å². The summed E-state index contributed by atoms with van der Waals surface area (Å²) in [4.78, 5) is 23.7. The first-order valence-corrected chi connectivity index (χ1v) is 10.1. The normalized spacial score (nSPS) is 12.6. The Bertz CT molecular complexity index is 1050. The molecule has 3 aromatic rings. The summed E-state index contributed by atoms with van der Waals surface area (Å²) in [7, 11) is 0. The van der Waals surface area contributed by atoms with Crippen molar-refractivity contribution in [3.63, 3.8) is 0 Å². The van der Waals surface area contributed by atoms with Crippen LogP contribution in [-0.4, -0.2) is 20.9 Å². The van der Waals surface area contributed by atoms with Gasteiger partial charge in [-0.2, -0.15) is 30.3 Å². The number of aromatic nitrogens is 2. The monoisotopic (exact) mass is 609 g/mol. The van der Waals surface area contributed by atoms with Gasteiger partial charge in [0.1, 0.15) is 11.6 Å². The van der Waals surface area contributed by atoms with E-state index in [-0.39, 0.29) is 32.6 Å². The topological polar surface area (TPSA) is 69.6 Å². The summed E-state index contributed by atoms with van der Waals surface area (Å²) in [6.07, 6.45) is 3.03. The van der Waals surface area contributed by atoms with E-state index in [2.05, 4.69) is 36.9 Å². The molecule has 0 atom stereocenters. The number of benzene rings is 2. The number of para-hydroxylation sites is 2. The molecule has 0 fully saturated rings. The van der Waals surface area contributed by atoms with E-state index in [1.54, 1.807) is 0 Å². The fourth-order valence-electron chi connectivity index (χ4n) is 3.00. The van der Waals surface area contributed by atoms with Gasteiger partial charge in [0.25, 0.3) is 0 Å². The van der Waals surface area contributed by atoms with Gasteiger partial charge in [-0.3, -0.25) is 4.79 Å². The van der Waals surface area contributed by atoms with E-state index in [1.165, 1.54) is 19.9 Å². The van der Waals surface area contributed by atoms with Crippen LogP contribution in [0.4, 0.5) is 23.0 Å². The van der Waals surface area contributed by atoms with Gasteiger partial charge in [-0.25, -0.2) is 9.97 Å². The third kappa shape index (κ3) is 6.27. The van der Waals surface area contributed by atoms with Crippen molar-refractivity contribution in [3.8, 4) is 0 Å². The molecule has 2 heterocycles. The van der Waals surface area contributed by atoms with Gasteiger partial charge >= 0.3 is 21.1 Å². The van der Waals surface area contributed by atoms with E-state index in [0.29, 0.717) is 5.92 Å². The molecule has 1 aliphatic heterocycles. The number of allylic oxidation sites excluding steroid dienone is 2. The van der Waals surface area contributed by atoms with Crippen LogP contribution in [0.2, 0.25) is 0 Å². The van der Waals surface area contributed by atoms with Crippen molar-refractivity contribution >= 4 is 28.8 Å². The molecule has 168 valence electrons. The van der Waals surface area contributed by atoms with Crippen molar-refractivity contribution in [1.29, 1.82) is 0 Å². The summed E-state index contributed by atoms with van der Waals surface area (Å²) < 4.78 is 0. The van der Waals surface area contributed by atoms with Crippen molar-refractivity contribution in [1.82, 2.24) is 9.97 Å². The number of fused-ring (bicyclic) bond motifs is 1. The molecular formula is C25H26N4O2Pt. The smallest absolute Gasteiger partial charge is 0.512 e. The minimum absolute atomic E-state index is 0. The number of anilines is 4. The van der Waals surface area contributed by atoms with Gasteiger partial charge in [0.05, 0.1) is 17.6 Å². The average Bonchev–Trinajstić information content (AvgIpc) is 3.13. The molecular weight excluding hydrogens is 583 g/mol. The van der Waals surface area contributed by atoms with Gasteiger partial charge in [0.2, 0.25) is 0 Å². The first-order chi connectivity index (χ1) is 14.9. The first kappa shape index (κ1) is 25.3. The predicted molar refractivity (Wildman–Crippen MR) is 123 cm³/mol. The zero-order valence-corrected chi connectivity index (χ0v) is 20.7. The minimum atomic E-state index is -0.125. The number of rotatable bonds is 4. The number of carbonyl (C=O) groups is 1. The molecule has 7 heteroatoms. The van der Waals surface area contributed by atoms with E-state index in [0.717, 1.165) is 28.7 Å². The van der Waals surface area contributed by atoms with Gasteiger partial charge in [-0.1, -0.05) is 32.0 Å². The summed E-state index contributed by atoms with van der Waals surface area (Å²) in [5.41, 5.74) is 2.99. The number of hydrogen-bond acceptors (Lipinski definition) is 6. The molecule has 0 amide bonds. The standard InChI is InChI=1S/C20H18N4.C5H8O2.Pt/c1-15(2)18-13-21-19-20(22-18)24(17-11-7-4-8-12-17)14-23(19)16-9-5-3-6-10-16;1-4(6)3-5(2)7;/h3-11,13-15H,1-2H3;3,6H,1-2H3;/q-2;;+2. The van der Waals surface area contributed by atoms with Crippen LogP contribution >= 0.6 is 0 Å². The Morgan fingerprint density at radius 2 is 1.75 bits per heavy atom. The quantitative estimate of drug-likeness (QED) is 0.228. The van der Waals surface area contributed by atoms with Crippen LogP contribution in [0.15, 0.2) is 72.6 Å². The van der Waals surface area contributed by atoms with Crippen LogP contribution in [0.1, 0.15) is 39.3 Å². The largest absolute Gasteiger partial charge is 2.00 e. The SMILES string of the molecule is CC(=O)C=C(C)O.CC(C)c1cnc2c(n1)N(c1[c-]cccc1)[CH-]N2c1ccccc1.[Pt+2]. The second-order valence-electron chi connectivity index (χ2n) is 7.43. The fraction of sp³-hybridized carbons (Fsp3) is 0.200. The van der Waals surface area contributed by atoms with Gasteiger partial charge in [0.15, 0.2) is 5.78 Å². The van der Waals surface area contributed by atoms with Crippen molar-refractivity contribution in [2.45, 2.75) is 33.6 Å². The molecule has 4 rings (SSSR count). The molecule has 0 bridgehead atoms. The Morgan fingerprint density at radius 1 is 1.06 bits per heavy atom. The Balaban J connectivity index is 0.000000398. The maximum absolute atomic E-state index is 10.0. The summed E-state index contributed by atoms with van der Waals surface area (Å²) in [6, 6.07) is 21.4. The van der Waals surface area contributed by atoms with E-state index in [1.807, 2.05) is 60.2 Å². The molecule has 0 spiro atoms. The second kappa shape index (κ2) is 11.6. The maximum Gasteiger partial charge on any atom is 2.00 e. The zero-order chi connectivity index (χ0) is 22.4. The molecule has 0 saturated carbocycles. The molecule has 0 saturated heterocycles. The molecule has 6 nitrogen and oxygen atoms in total. The number of ketones is 1. The van der Waals surface area contributed by atoms with Crippen LogP contribution < -0.4 is 9.80 Å². The van der Waals surface area contributed by atoms with Crippen LogP contribution in [0, 0.1) is 12.7 Å². The molecule has 1 N–H and O–H groups in total. The van der Waals surface area contributed by atoms with Crippen molar-refractivity contribution < 1.29 is 31.0 Å². The maximum atomic E-state index is 10.0. The van der Waals surface area contributed by atoms with E-state index in [9.17, 15) is 4.79 Å². The van der Waals surface area contributed by atoms with Gasteiger partial charge in [-0.15, -0.1) is 12.4 Å². The Morgan fingerprint density at radius 3 is 2.28 bits per heavy atom. The van der Waals surface area contributed by atoms with Gasteiger partial charge < -0.3 is 14.9 Å². The van der Waals surface area contributed by atoms with Gasteiger partial charge in [-0.05, 0) is 31.9 Å². The van der Waals surface area contributed by atoms with E-state index >= 15 is 0 Å². The van der Waals surface area contributed by atoms with Crippen molar-refractivity contribution in [2.75, 3.05) is 9.80 Å². The van der Waals surface area contributed by atoms with Crippen molar-refractivity contribution in [2.24, 2.45) is 0 Å². The Hall–Kier alpha value is -2.98. The molecule has 0 radical (unpaired) electrons. The number of hydrogen-bond donors (Lipinski definition) is 1. The van der Waals surface area contributed by atoms with Crippen LogP contribution in [0.5, 0.6) is 0 Å². The molecule has 0 aliphatic carbocycles. The summed E-state index contributed by atoms with van der Waals surface area (Å²) in [5, 5.41) is 8.36. The van der Waals surface area contributed by atoms with Crippen molar-refractivity contribution in [3.05, 3.63) is 91.1 Å². The van der Waals surface area contributed by atoms with Crippen LogP contribution in [-0.2, 0) is 25.9 Å². The summed E-state index contributed by atoms with van der Waals surface area (Å²) in [6.45, 7) is 9.13. The predicted octanol–water partition coefficient (Wildman–Crippen LogP) is 5.84. The summed E-state index contributed by atoms with van der Waals surface area (Å²) in [5.74, 6) is 1.94. The first-order valence-electron chi connectivity index (χ1n) is 10.1. The molecule has 1 aliphatic rings. The number of aliphatic hydroxyl groups is 1. The molecule has 2 aromatic carbocycles. The Labute approximate surface area is 203 Å². The molecule has 0 unspecified atom stereocenters. The number of carbonyl (C=O) groups excluding carboxylic acids is 1. The average molecular weight is 610 g/mol. The number of aliphatic hydroxyl groups excluding tert-OH is 1. The third-order valence-corrected chi connectivity index (χ3v) is 4.43. The molecule has 1 aromatic heterocycles. The van der Waals surface area contributed by atoms with Crippen LogP contribution in [0.3, 0.4) is 0 Å². The van der Waals surface area contributed by atoms with Crippen LogP contribution in [0.25, 0.3) is 0 Å². The van der Waals surface area contributed by atoms with Gasteiger partial charge in [0, 0.05) is 11.8 Å². The summed E-state index contributed by atoms with van der Waals surface area (Å²) >= 11 is 0.